The van der Waals surface area contributed by atoms with Crippen LogP contribution in [0.5, 0.6) is 5.75 Å². The SMILES string of the molecule is O=C1NC(=O)C2(Oc3ccc(C4CCN(CC(=O)N5CCN(c6ccc(-c7cc(F)c8c(c7)C(=O)N(C(C(=O)Nc7nccs7)c7ncn9c7CCC9)C8)cc6)CC5)CC4(F)F)cc3)CC1C2. The highest BCUT2D eigenvalue weighted by atomic mass is 32.1. The number of hydrogen-bond acceptors (Lipinski definition) is 11. The summed E-state index contributed by atoms with van der Waals surface area (Å²) in [7, 11) is 0. The number of aryl methyl sites for hydroxylation is 1. The normalized spacial score (nSPS) is 23.6. The summed E-state index contributed by atoms with van der Waals surface area (Å²) >= 11 is 1.26. The first-order chi connectivity index (χ1) is 32.3. The minimum atomic E-state index is -3.08. The third kappa shape index (κ3) is 7.80. The van der Waals surface area contributed by atoms with Crippen molar-refractivity contribution in [2.24, 2.45) is 5.92 Å². The van der Waals surface area contributed by atoms with E-state index < -0.39 is 53.6 Å². The van der Waals surface area contributed by atoms with Crippen molar-refractivity contribution >= 4 is 51.7 Å². The molecule has 12 rings (SSSR count). The maximum atomic E-state index is 16.0. The number of anilines is 2. The molecule has 6 aliphatic heterocycles. The van der Waals surface area contributed by atoms with Crippen molar-refractivity contribution in [3.63, 3.8) is 0 Å². The molecule has 5 fully saturated rings. The van der Waals surface area contributed by atoms with Gasteiger partial charge in [0.1, 0.15) is 11.6 Å². The van der Waals surface area contributed by atoms with Gasteiger partial charge in [-0.15, -0.1) is 11.3 Å². The van der Waals surface area contributed by atoms with Crippen molar-refractivity contribution in [3.05, 3.63) is 112 Å². The van der Waals surface area contributed by atoms with Crippen LogP contribution in [0, 0.1) is 11.7 Å². The highest BCUT2D eigenvalue weighted by Crippen LogP contribution is 2.46. The highest BCUT2D eigenvalue weighted by molar-refractivity contribution is 7.13. The predicted octanol–water partition coefficient (Wildman–Crippen LogP) is 5.39. The first-order valence-electron chi connectivity index (χ1n) is 22.6. The van der Waals surface area contributed by atoms with E-state index in [-0.39, 0.29) is 48.4 Å². The molecule has 7 aliphatic rings. The second-order valence-corrected chi connectivity index (χ2v) is 19.2. The van der Waals surface area contributed by atoms with Gasteiger partial charge in [0.05, 0.1) is 37.6 Å². The first kappa shape index (κ1) is 43.0. The topological polar surface area (TPSA) is 162 Å². The maximum Gasteiger partial charge on any atom is 0.270 e. The Bertz CT molecular complexity index is 2790. The lowest BCUT2D eigenvalue weighted by Gasteiger charge is -2.48. The molecule has 19 heteroatoms. The fourth-order valence-corrected chi connectivity index (χ4v) is 11.2. The van der Waals surface area contributed by atoms with Crippen molar-refractivity contribution in [2.45, 2.75) is 68.7 Å². The molecule has 3 aromatic carbocycles. The summed E-state index contributed by atoms with van der Waals surface area (Å²) in [6, 6.07) is 15.9. The molecule has 0 radical (unpaired) electrons. The number of nitrogens with zero attached hydrogens (tertiary/aromatic N) is 7. The van der Waals surface area contributed by atoms with Gasteiger partial charge in [-0.2, -0.15) is 0 Å². The van der Waals surface area contributed by atoms with Gasteiger partial charge in [0.15, 0.2) is 16.8 Å². The predicted molar refractivity (Wildman–Crippen MR) is 239 cm³/mol. The van der Waals surface area contributed by atoms with E-state index in [9.17, 15) is 24.0 Å². The van der Waals surface area contributed by atoms with Crippen LogP contribution in [0.2, 0.25) is 0 Å². The van der Waals surface area contributed by atoms with E-state index in [1.807, 2.05) is 28.8 Å². The molecule has 346 valence electrons. The summed E-state index contributed by atoms with van der Waals surface area (Å²) in [6.45, 7) is 2.24. The molecule has 2 atom stereocenters. The Morgan fingerprint density at radius 3 is 2.43 bits per heavy atom. The number of fused-ring (bicyclic) bond motifs is 4. The monoisotopic (exact) mass is 933 g/mol. The summed E-state index contributed by atoms with van der Waals surface area (Å²) < 4.78 is 55.2. The summed E-state index contributed by atoms with van der Waals surface area (Å²) in [5, 5.41) is 7.27. The number of hydrogen-bond donors (Lipinski definition) is 2. The summed E-state index contributed by atoms with van der Waals surface area (Å²) in [5.41, 5.74) is 3.24. The van der Waals surface area contributed by atoms with Crippen LogP contribution in [-0.2, 0) is 38.7 Å². The molecule has 2 aromatic heterocycles. The Kier molecular flexibility index (Phi) is 10.7. The van der Waals surface area contributed by atoms with Crippen LogP contribution >= 0.6 is 11.3 Å². The zero-order valence-electron chi connectivity index (χ0n) is 36.3. The molecule has 8 heterocycles. The summed E-state index contributed by atoms with van der Waals surface area (Å²) in [6.07, 6.45) is 5.65. The standard InChI is InChI=1S/C48H46F3N9O6S/c49-37-21-30(20-34-35(37)24-60(44(34)64)41(43(63)55-46-52-12-19-67-46)40-38-2-1-13-59(38)27-53-40)28-3-7-32(8-4-28)57-15-17-58(18-16-57)39(61)25-56-14-11-36(48(50,51)26-56)29-5-9-33(10-6-29)66-47-22-31(23-47)42(62)54-45(47)65/h3-10,12,19-21,27,31,36,41H,1-2,11,13-18,22-26H2,(H,52,55,63)(H,54,62,65). The molecule has 5 amide bonds. The van der Waals surface area contributed by atoms with Gasteiger partial charge >= 0.3 is 0 Å². The van der Waals surface area contributed by atoms with Crippen LogP contribution < -0.4 is 20.3 Å². The number of rotatable bonds is 11. The number of amides is 5. The van der Waals surface area contributed by atoms with Crippen molar-refractivity contribution in [3.8, 4) is 16.9 Å². The van der Waals surface area contributed by atoms with Crippen molar-refractivity contribution < 1.29 is 41.9 Å². The Morgan fingerprint density at radius 2 is 1.72 bits per heavy atom. The second kappa shape index (κ2) is 16.6. The largest absolute Gasteiger partial charge is 0.477 e. The van der Waals surface area contributed by atoms with Gasteiger partial charge in [0.25, 0.3) is 23.6 Å². The van der Waals surface area contributed by atoms with Crippen molar-refractivity contribution in [1.82, 2.24) is 34.6 Å². The average Bonchev–Trinajstić information content (AvgIpc) is 4.13. The van der Waals surface area contributed by atoms with Gasteiger partial charge in [-0.05, 0) is 78.9 Å². The molecule has 4 saturated heterocycles. The molecule has 1 aliphatic carbocycles. The molecule has 1 saturated carbocycles. The van der Waals surface area contributed by atoms with Gasteiger partial charge in [0.2, 0.25) is 11.8 Å². The number of carbonyl (C=O) groups excluding carboxylic acids is 5. The van der Waals surface area contributed by atoms with Gasteiger partial charge in [-0.1, -0.05) is 24.3 Å². The number of piperazine rings is 1. The molecule has 2 N–H and O–H groups in total. The molecule has 67 heavy (non-hydrogen) atoms. The number of likely N-dealkylation sites (tertiary alicyclic amines) is 1. The Balaban J connectivity index is 0.690. The molecule has 15 nitrogen and oxygen atoms in total. The quantitative estimate of drug-likeness (QED) is 0.165. The maximum absolute atomic E-state index is 16.0. The van der Waals surface area contributed by atoms with Crippen molar-refractivity contribution in [2.75, 3.05) is 56.0 Å². The lowest BCUT2D eigenvalue weighted by Crippen LogP contribution is -2.68. The van der Waals surface area contributed by atoms with E-state index in [2.05, 4.69) is 25.5 Å². The fraction of sp³-hybridized carbons (Fsp3) is 0.396. The molecule has 5 aromatic rings. The Labute approximate surface area is 386 Å². The minimum absolute atomic E-state index is 0.0923. The highest BCUT2D eigenvalue weighted by Gasteiger charge is 2.60. The van der Waals surface area contributed by atoms with Gasteiger partial charge in [-0.3, -0.25) is 39.5 Å². The Hall–Kier alpha value is -6.60. The van der Waals surface area contributed by atoms with E-state index in [1.54, 1.807) is 53.1 Å². The van der Waals surface area contributed by atoms with E-state index in [0.717, 1.165) is 24.3 Å². The number of nitrogens with one attached hydrogen (secondary N) is 2. The zero-order chi connectivity index (χ0) is 46.2. The number of thiazole rings is 1. The molecular formula is C48H46F3N9O6S. The number of alkyl halides is 2. The third-order valence-corrected chi connectivity index (χ3v) is 15.0. The van der Waals surface area contributed by atoms with E-state index in [4.69, 9.17) is 4.74 Å². The van der Waals surface area contributed by atoms with Crippen LogP contribution in [0.1, 0.15) is 70.5 Å². The first-order valence-corrected chi connectivity index (χ1v) is 23.5. The number of imide groups is 1. The van der Waals surface area contributed by atoms with Gasteiger partial charge < -0.3 is 24.0 Å². The number of carbonyl (C=O) groups is 5. The van der Waals surface area contributed by atoms with Crippen LogP contribution in [0.15, 0.2) is 78.6 Å². The van der Waals surface area contributed by atoms with E-state index in [1.165, 1.54) is 27.2 Å². The number of imidazole rings is 1. The number of halogens is 3. The fourth-order valence-electron chi connectivity index (χ4n) is 10.6. The average molecular weight is 934 g/mol. The lowest BCUT2D eigenvalue weighted by atomic mass is 9.66. The van der Waals surface area contributed by atoms with Gasteiger partial charge in [-0.25, -0.2) is 23.1 Å². The minimum Gasteiger partial charge on any atom is -0.477 e. The number of ether oxygens (including phenoxy) is 1. The van der Waals surface area contributed by atoms with Gasteiger partial charge in [0, 0.05) is 85.6 Å². The Morgan fingerprint density at radius 1 is 0.940 bits per heavy atom. The number of piperidine rings is 3. The zero-order valence-corrected chi connectivity index (χ0v) is 37.1. The van der Waals surface area contributed by atoms with Crippen LogP contribution in [0.4, 0.5) is 24.0 Å². The van der Waals surface area contributed by atoms with Crippen molar-refractivity contribution in [1.29, 1.82) is 0 Å². The summed E-state index contributed by atoms with van der Waals surface area (Å²) in [4.78, 5) is 81.1. The number of aromatic nitrogens is 3. The summed E-state index contributed by atoms with van der Waals surface area (Å²) in [5.74, 6) is -6.43. The van der Waals surface area contributed by atoms with Crippen LogP contribution in [-0.4, -0.2) is 116 Å². The molecule has 2 unspecified atom stereocenters. The van der Waals surface area contributed by atoms with Crippen LogP contribution in [0.25, 0.3) is 11.1 Å². The number of benzene rings is 3. The smallest absolute Gasteiger partial charge is 0.270 e. The third-order valence-electron chi connectivity index (χ3n) is 14.3. The second-order valence-electron chi connectivity index (χ2n) is 18.3. The van der Waals surface area contributed by atoms with Crippen LogP contribution in [0.3, 0.4) is 0 Å². The van der Waals surface area contributed by atoms with E-state index in [0.29, 0.717) is 85.3 Å². The molecule has 2 bridgehead atoms. The molecule has 0 spiro atoms. The van der Waals surface area contributed by atoms with E-state index >= 15 is 13.2 Å². The molecular weight excluding hydrogens is 888 g/mol. The lowest BCUT2D eigenvalue weighted by molar-refractivity contribution is -0.168.